The molecule has 3 rings (SSSR count). The Morgan fingerprint density at radius 2 is 2.10 bits per heavy atom. The largest absolute Gasteiger partial charge is 0.464 e. The Kier molecular flexibility index (Phi) is 7.15. The van der Waals surface area contributed by atoms with Gasteiger partial charge in [0.1, 0.15) is 18.5 Å². The maximum atomic E-state index is 12.4. The van der Waals surface area contributed by atoms with Gasteiger partial charge in [0.25, 0.3) is 5.91 Å². The van der Waals surface area contributed by atoms with Gasteiger partial charge in [-0.15, -0.1) is 0 Å². The molecule has 2 aromatic rings. The monoisotopic (exact) mass is 430 g/mol. The molecule has 0 bridgehead atoms. The zero-order valence-electron chi connectivity index (χ0n) is 18.7. The fraction of sp³-hybridized carbons (Fsp3) is 0.636. The van der Waals surface area contributed by atoms with E-state index in [9.17, 15) is 9.59 Å². The van der Waals surface area contributed by atoms with Gasteiger partial charge in [0.2, 0.25) is 0 Å². The highest BCUT2D eigenvalue weighted by Crippen LogP contribution is 2.31. The lowest BCUT2D eigenvalue weighted by atomic mass is 9.84. The molecule has 0 radical (unpaired) electrons. The minimum absolute atomic E-state index is 0.0407. The van der Waals surface area contributed by atoms with Gasteiger partial charge in [0.15, 0.2) is 5.82 Å². The first-order valence-electron chi connectivity index (χ1n) is 11.1. The van der Waals surface area contributed by atoms with Crippen LogP contribution in [-0.2, 0) is 9.53 Å². The van der Waals surface area contributed by atoms with E-state index in [2.05, 4.69) is 36.2 Å². The standard InChI is InChI=1S/C22H34N6O3/c1-4-5-6-9-22(2,3)11-18(29)31-12-14-7-8-16(27-14)17-10-15(21(24)30)19-20(23)25-13-26-28(17)19/h10,13-14,16,27H,4-9,11-12H2,1-3H3,(H2,24,30)(H2,23,25,26)/t14-,16+/m0/s1. The molecule has 1 aliphatic heterocycles. The third-order valence-electron chi connectivity index (χ3n) is 6.00. The maximum absolute atomic E-state index is 12.4. The number of aromatic nitrogens is 3. The van der Waals surface area contributed by atoms with E-state index in [1.54, 1.807) is 10.6 Å². The van der Waals surface area contributed by atoms with Gasteiger partial charge in [-0.1, -0.05) is 40.0 Å². The topological polar surface area (TPSA) is 138 Å². The first-order chi connectivity index (χ1) is 14.7. The van der Waals surface area contributed by atoms with Crippen LogP contribution in [0.1, 0.15) is 87.8 Å². The van der Waals surface area contributed by atoms with Gasteiger partial charge in [-0.3, -0.25) is 9.59 Å². The molecule has 3 heterocycles. The van der Waals surface area contributed by atoms with Crippen LogP contribution in [0.4, 0.5) is 5.82 Å². The highest BCUT2D eigenvalue weighted by Gasteiger charge is 2.31. The summed E-state index contributed by atoms with van der Waals surface area (Å²) in [6.07, 6.45) is 7.96. The number of nitrogens with one attached hydrogen (secondary N) is 1. The summed E-state index contributed by atoms with van der Waals surface area (Å²) in [6, 6.07) is 1.70. The van der Waals surface area contributed by atoms with Crippen molar-refractivity contribution in [3.8, 4) is 0 Å². The van der Waals surface area contributed by atoms with Crippen molar-refractivity contribution in [3.05, 3.63) is 23.7 Å². The van der Waals surface area contributed by atoms with Gasteiger partial charge in [-0.25, -0.2) is 9.50 Å². The lowest BCUT2D eigenvalue weighted by molar-refractivity contribution is -0.146. The number of fused-ring (bicyclic) bond motifs is 1. The molecule has 1 aliphatic rings. The summed E-state index contributed by atoms with van der Waals surface area (Å²) >= 11 is 0. The van der Waals surface area contributed by atoms with Crippen molar-refractivity contribution >= 4 is 23.2 Å². The second kappa shape index (κ2) is 9.64. The van der Waals surface area contributed by atoms with E-state index in [0.29, 0.717) is 24.1 Å². The molecule has 9 nitrogen and oxygen atoms in total. The van der Waals surface area contributed by atoms with E-state index in [0.717, 1.165) is 31.4 Å². The molecular weight excluding hydrogens is 396 g/mol. The number of hydrogen-bond acceptors (Lipinski definition) is 7. The van der Waals surface area contributed by atoms with E-state index in [1.165, 1.54) is 19.2 Å². The summed E-state index contributed by atoms with van der Waals surface area (Å²) in [4.78, 5) is 28.2. The van der Waals surface area contributed by atoms with Crippen molar-refractivity contribution < 1.29 is 14.3 Å². The summed E-state index contributed by atoms with van der Waals surface area (Å²) in [5.41, 5.74) is 12.9. The number of nitrogens with zero attached hydrogens (tertiary/aromatic N) is 3. The number of amides is 1. The normalized spacial score (nSPS) is 19.1. The van der Waals surface area contributed by atoms with Crippen molar-refractivity contribution in [2.45, 2.75) is 77.8 Å². The third kappa shape index (κ3) is 5.52. The van der Waals surface area contributed by atoms with Gasteiger partial charge in [0.05, 0.1) is 17.7 Å². The van der Waals surface area contributed by atoms with E-state index < -0.39 is 5.91 Å². The minimum atomic E-state index is -0.574. The molecule has 0 spiro atoms. The Morgan fingerprint density at radius 1 is 1.32 bits per heavy atom. The Hall–Kier alpha value is -2.68. The smallest absolute Gasteiger partial charge is 0.306 e. The average Bonchev–Trinajstić information content (AvgIpc) is 3.31. The number of rotatable bonds is 10. The summed E-state index contributed by atoms with van der Waals surface area (Å²) in [7, 11) is 0. The fourth-order valence-electron chi connectivity index (χ4n) is 4.29. The number of carbonyl (C=O) groups is 2. The molecular formula is C22H34N6O3. The highest BCUT2D eigenvalue weighted by molar-refractivity contribution is 6.02. The maximum Gasteiger partial charge on any atom is 0.306 e. The average molecular weight is 431 g/mol. The molecule has 5 N–H and O–H groups in total. The molecule has 170 valence electrons. The molecule has 0 saturated carbocycles. The Labute approximate surface area is 182 Å². The van der Waals surface area contributed by atoms with Gasteiger partial charge in [0, 0.05) is 12.1 Å². The molecule has 2 aromatic heterocycles. The predicted octanol–water partition coefficient (Wildman–Crippen LogP) is 2.74. The van der Waals surface area contributed by atoms with Crippen LogP contribution >= 0.6 is 0 Å². The van der Waals surface area contributed by atoms with Crippen LogP contribution in [0.2, 0.25) is 0 Å². The van der Waals surface area contributed by atoms with Gasteiger partial charge in [-0.05, 0) is 30.7 Å². The Morgan fingerprint density at radius 3 is 2.81 bits per heavy atom. The number of unbranched alkanes of at least 4 members (excludes halogenated alkanes) is 2. The molecule has 0 aromatic carbocycles. The second-order valence-electron chi connectivity index (χ2n) is 9.23. The molecule has 1 saturated heterocycles. The second-order valence-corrected chi connectivity index (χ2v) is 9.23. The van der Waals surface area contributed by atoms with Gasteiger partial charge >= 0.3 is 5.97 Å². The van der Waals surface area contributed by atoms with Crippen molar-refractivity contribution in [1.82, 2.24) is 19.9 Å². The van der Waals surface area contributed by atoms with Gasteiger partial charge in [-0.2, -0.15) is 5.10 Å². The number of nitrogen functional groups attached to an aromatic ring is 1. The fourth-order valence-corrected chi connectivity index (χ4v) is 4.29. The summed E-state index contributed by atoms with van der Waals surface area (Å²) in [5.74, 6) is -0.522. The molecule has 0 aliphatic carbocycles. The van der Waals surface area contributed by atoms with Crippen LogP contribution in [0.25, 0.3) is 5.52 Å². The number of esters is 1. The summed E-state index contributed by atoms with van der Waals surface area (Å²) in [6.45, 7) is 6.74. The van der Waals surface area contributed by atoms with Crippen LogP contribution < -0.4 is 16.8 Å². The first kappa shape index (κ1) is 23.0. The number of carbonyl (C=O) groups excluding carboxylic acids is 2. The number of ether oxygens (including phenoxy) is 1. The zero-order valence-corrected chi connectivity index (χ0v) is 18.7. The first-order valence-corrected chi connectivity index (χ1v) is 11.1. The van der Waals surface area contributed by atoms with Crippen LogP contribution in [0.15, 0.2) is 12.4 Å². The van der Waals surface area contributed by atoms with Crippen molar-refractivity contribution in [2.75, 3.05) is 12.3 Å². The van der Waals surface area contributed by atoms with Crippen LogP contribution in [0.5, 0.6) is 0 Å². The summed E-state index contributed by atoms with van der Waals surface area (Å²) < 4.78 is 7.19. The summed E-state index contributed by atoms with van der Waals surface area (Å²) in [5, 5.41) is 7.73. The number of hydrogen-bond donors (Lipinski definition) is 3. The number of primary amides is 1. The lowest BCUT2D eigenvalue weighted by Crippen LogP contribution is -2.31. The molecule has 1 amide bonds. The van der Waals surface area contributed by atoms with Crippen molar-refractivity contribution in [2.24, 2.45) is 11.1 Å². The number of anilines is 1. The van der Waals surface area contributed by atoms with Crippen LogP contribution in [-0.4, -0.2) is 39.1 Å². The quantitative estimate of drug-likeness (QED) is 0.389. The highest BCUT2D eigenvalue weighted by atomic mass is 16.5. The molecule has 2 atom stereocenters. The third-order valence-corrected chi connectivity index (χ3v) is 6.00. The molecule has 1 fully saturated rings. The SMILES string of the molecule is CCCCCC(C)(C)CC(=O)OC[C@@H]1CC[C@H](c2cc(C(N)=O)c3c(N)ncnn23)N1. The molecule has 9 heteroatoms. The van der Waals surface area contributed by atoms with Crippen molar-refractivity contribution in [1.29, 1.82) is 0 Å². The van der Waals surface area contributed by atoms with E-state index in [4.69, 9.17) is 16.2 Å². The lowest BCUT2D eigenvalue weighted by Gasteiger charge is -2.24. The number of nitrogens with two attached hydrogens (primary N) is 2. The van der Waals surface area contributed by atoms with Crippen molar-refractivity contribution in [3.63, 3.8) is 0 Å². The molecule has 0 unspecified atom stereocenters. The van der Waals surface area contributed by atoms with Gasteiger partial charge < -0.3 is 21.5 Å². The van der Waals surface area contributed by atoms with E-state index in [1.807, 2.05) is 0 Å². The minimum Gasteiger partial charge on any atom is -0.464 e. The molecule has 31 heavy (non-hydrogen) atoms. The van der Waals surface area contributed by atoms with E-state index in [-0.39, 0.29) is 29.3 Å². The van der Waals surface area contributed by atoms with Crippen LogP contribution in [0, 0.1) is 5.41 Å². The zero-order chi connectivity index (χ0) is 22.6. The Balaban J connectivity index is 1.58. The van der Waals surface area contributed by atoms with E-state index >= 15 is 0 Å². The Bertz CT molecular complexity index is 939. The van der Waals surface area contributed by atoms with Crippen LogP contribution in [0.3, 0.4) is 0 Å². The predicted molar refractivity (Wildman–Crippen MR) is 118 cm³/mol.